The van der Waals surface area contributed by atoms with Gasteiger partial charge in [0, 0.05) is 3190 Å². The number of nitrogens with one attached hydrogen (secondary N) is 4. The normalized spacial score (nSPS) is 5.65. The SMILES string of the molecule is CC(=O)N[C@@H](CCc1ccccc1)C(=O)N[C@@H](CC(C)C)C(=O)N[C@@H](Cc1ccccc1)C(=O)N[C@@H](CC(C)C)C(=O)[C@@]1(C)CO1.[U].[U].[U].[U].[U].[U].[U].[U].[U].[U].[U].[U].[U].[U].[U].[U].[U].[U].[U].[U].[U].[U].[U].[U].[U].[U].[U].[U].[U].[U].[U].[U].[U].[U].[U].[U].[U].[U].[U].[U].[U].[U].[U].[U].[U].[U].[U].[U].[U].[U].[U].[U].[U].[U].[U].[U].[U].[U].[U].[U].[U].[U].[U].[U].[U].[U].[U].[U].[U].[U].[U].[U].[U].[U].[U].[U].[U].[U].[U].[U].[U].[U].[U].[U].[U].[U].[U].[U].[U].[U].[U].[U].[U].[U].[U].[U].[U].[U].[U].[U].[U].[Y]. The van der Waals surface area contributed by atoms with E-state index < -0.39 is 47.5 Å². The predicted molar refractivity (Wildman–Crippen MR) is 177 cm³/mol. The van der Waals surface area contributed by atoms with Gasteiger partial charge in [0.1, 0.15) is 23.7 Å². The van der Waals surface area contributed by atoms with E-state index in [1.54, 1.807) is 6.92 Å². The number of carbonyl (C=O) groups excluding carboxylic acids is 5. The van der Waals surface area contributed by atoms with Gasteiger partial charge in [-0.2, -0.15) is 0 Å². The topological polar surface area (TPSA) is 146 Å². The van der Waals surface area contributed by atoms with Crippen LogP contribution in [0.15, 0.2) is 60.7 Å². The number of hydrogen-bond donors (Lipinski definition) is 4. The quantitative estimate of drug-likeness (QED) is 0.169. The van der Waals surface area contributed by atoms with Crippen molar-refractivity contribution in [2.75, 3.05) is 6.61 Å². The molecule has 0 spiro atoms. The van der Waals surface area contributed by atoms with Gasteiger partial charge in [-0.1, -0.05) is 88.4 Å². The summed E-state index contributed by atoms with van der Waals surface area (Å²) in [6.45, 7) is 11.2. The van der Waals surface area contributed by atoms with Gasteiger partial charge in [-0.3, -0.25) is 24.0 Å². The molecule has 3 rings (SSSR count). The Bertz CT molecular complexity index is 1470. The zero-order valence-electron chi connectivity index (χ0n) is 79.0. The molecule has 2 aromatic rings. The summed E-state index contributed by atoms with van der Waals surface area (Å²) in [5.74, 6) is -1.87. The third kappa shape index (κ3) is 478. The minimum Gasteiger partial charge on any atom is -0.361 e. The maximum atomic E-state index is 13.8. The fourth-order valence-corrected chi connectivity index (χ4v) is 5.37. The number of carbonyl (C=O) groups is 5. The van der Waals surface area contributed by atoms with E-state index in [9.17, 15) is 24.0 Å². The molecule has 1 fully saturated rings. The zero-order valence-corrected chi connectivity index (χ0v) is 502. The number of epoxide rings is 1. The summed E-state index contributed by atoms with van der Waals surface area (Å²) in [6.07, 6.45) is 1.82. The van der Waals surface area contributed by atoms with E-state index in [0.29, 0.717) is 32.3 Å². The summed E-state index contributed by atoms with van der Waals surface area (Å²) in [4.78, 5) is 66.3. The minimum absolute atomic E-state index is 0. The molecule has 0 aliphatic carbocycles. The molecule has 4 amide bonds. The van der Waals surface area contributed by atoms with Crippen molar-refractivity contribution < 1.29 is 3200 Å². The number of Topliss-reactive ketones (excluding diaryl/α,β-unsaturated/α-hetero) is 1. The van der Waals surface area contributed by atoms with Gasteiger partial charge in [-0.05, 0) is 55.6 Å². The zero-order chi connectivity index (χ0) is 33.9. The standard InChI is InChI=1S/C36H50N4O6.101U.Y/c1-23(2)19-29(32(42)36(6)22-46-36)38-35(45)31(21-27-15-11-8-12-16-27)40-34(44)30(20-24(3)4)39-33(43)28(37-25(5)41)18-17-26-13-9-7-10-14-26;;;;;;;;;;;;;;;;;;;;;;;;;;;;;;;;;;;;;;;;;;;;;;;;;;;;;;;;;;;;;;;;;;;;;;;;;;;;;;;;;;;;;;;;;;;;;;;;;;;;;;/h7-16,23-24,28-31H,17-22H2,1-6H3,(H,37,41)(H,38,45)(H,39,43)(H,40,44);;;;;;;;;;;;;;;;;;;;;;;;;;;;;;;;;;;;;;;;;;;;;;;;;;;;;;;;;;;;;;;;;;;;;;;;;;;;;;;;;;;;;;;;;;;;;;;;;;;;;;/t28-,29-,30-,31-,36+;;;;;;;;;;;;;;;;;;;;;;;;;;;;;;;;;;;;;;;;;;;;;;;;;;;;;;;;;;;;;;;;;;;;;;;;;;;;;;;;;;;;;;;;;;;;;;;;;;;;;;/m0....................................................................................................../s1. The van der Waals surface area contributed by atoms with E-state index >= 15 is 0 Å². The molecule has 10 nitrogen and oxygen atoms in total. The molecule has 0 bridgehead atoms. The van der Waals surface area contributed by atoms with Gasteiger partial charge in [0.15, 0.2) is 5.78 Å². The number of benzene rings is 2. The largest absolute Gasteiger partial charge is 0.361 e. The van der Waals surface area contributed by atoms with Crippen molar-refractivity contribution in [3.63, 3.8) is 0 Å². The van der Waals surface area contributed by atoms with E-state index in [-0.39, 0.29) is 3210 Å². The second kappa shape index (κ2) is 543. The van der Waals surface area contributed by atoms with Crippen LogP contribution in [-0.4, -0.2) is 65.8 Å². The summed E-state index contributed by atoms with van der Waals surface area (Å²) in [5.41, 5.74) is 0.930. The molecule has 0 saturated carbocycles. The van der Waals surface area contributed by atoms with E-state index in [1.165, 1.54) is 6.92 Å². The molecule has 2 aromatic carbocycles. The van der Waals surface area contributed by atoms with Crippen LogP contribution < -0.4 is 21.3 Å². The number of rotatable bonds is 18. The number of aryl methyl sites for hydroxylation is 1. The van der Waals surface area contributed by atoms with E-state index in [2.05, 4.69) is 21.3 Å². The van der Waals surface area contributed by atoms with Crippen molar-refractivity contribution in [1.29, 1.82) is 0 Å². The van der Waals surface area contributed by atoms with Crippen molar-refractivity contribution in [2.45, 2.75) is 103 Å². The van der Waals surface area contributed by atoms with Crippen molar-refractivity contribution >= 4 is 29.4 Å². The van der Waals surface area contributed by atoms with Gasteiger partial charge < -0.3 is 26.0 Å². The molecule has 148 heavy (non-hydrogen) atoms. The Morgan fingerprint density at radius 3 is 0.527 bits per heavy atom. The monoisotopic (exact) mass is 24800 g/mol. The number of amides is 4. The van der Waals surface area contributed by atoms with E-state index in [4.69, 9.17) is 4.74 Å². The van der Waals surface area contributed by atoms with E-state index in [0.717, 1.165) is 11.1 Å². The van der Waals surface area contributed by atoms with Crippen LogP contribution >= 0.6 is 0 Å². The second-order valence-corrected chi connectivity index (χ2v) is 13.3. The van der Waals surface area contributed by atoms with Crippen molar-refractivity contribution in [3.05, 3.63) is 71.8 Å². The Kier molecular flexibility index (Phi) is 2520. The van der Waals surface area contributed by atoms with Crippen molar-refractivity contribution in [2.24, 2.45) is 11.8 Å². The molecular weight excluding hydrogens is 24700 g/mol. The van der Waals surface area contributed by atoms with Crippen LogP contribution in [0.3, 0.4) is 0 Å². The average Bonchev–Trinajstić information content (AvgIpc) is 3.76. The molecule has 0 aromatic heterocycles. The first-order valence-corrected chi connectivity index (χ1v) is 16.2. The second-order valence-electron chi connectivity index (χ2n) is 13.3. The molecule has 1 heterocycles. The summed E-state index contributed by atoms with van der Waals surface area (Å²) in [7, 11) is 0. The van der Waals surface area contributed by atoms with Crippen LogP contribution in [0.1, 0.15) is 71.9 Å². The number of hydrogen-bond acceptors (Lipinski definition) is 6. The first kappa shape index (κ1) is 688. The summed E-state index contributed by atoms with van der Waals surface area (Å²) < 4.78 is 5.38. The van der Waals surface area contributed by atoms with Crippen LogP contribution in [0.2, 0.25) is 0 Å². The first-order chi connectivity index (χ1) is 21.8. The average molecular weight is 24800 g/mol. The molecule has 1 saturated heterocycles. The molecule has 1 aliphatic heterocycles. The molecule has 0 unspecified atom stereocenters. The van der Waals surface area contributed by atoms with Crippen LogP contribution in [0.4, 0.5) is 0 Å². The summed E-state index contributed by atoms with van der Waals surface area (Å²) in [6, 6.07) is 15.3. The van der Waals surface area contributed by atoms with Gasteiger partial charge in [0.05, 0.1) is 12.6 Å². The van der Waals surface area contributed by atoms with Gasteiger partial charge in [0.25, 0.3) is 0 Å². The third-order valence-electron chi connectivity index (χ3n) is 7.95. The Morgan fingerprint density at radius 1 is 0.223 bits per heavy atom. The smallest absolute Gasteiger partial charge is 0.243 e. The Labute approximate surface area is 3320 Å². The molecule has 112 heteroatoms. The van der Waals surface area contributed by atoms with Crippen LogP contribution in [0.5, 0.6) is 0 Å². The van der Waals surface area contributed by atoms with Gasteiger partial charge in [-0.15, -0.1) is 0 Å². The fourth-order valence-electron chi connectivity index (χ4n) is 5.37. The van der Waals surface area contributed by atoms with Gasteiger partial charge >= 0.3 is 0 Å². The fraction of sp³-hybridized carbons (Fsp3) is 0.528. The molecule has 5 atom stereocenters. The Morgan fingerprint density at radius 2 is 0.365 bits per heavy atom. The Hall–Kier alpha value is 103. The molecule has 657 valence electrons. The maximum absolute atomic E-state index is 13.8. The predicted octanol–water partition coefficient (Wildman–Crippen LogP) is 3.27. The summed E-state index contributed by atoms with van der Waals surface area (Å²) >= 11 is 0. The third-order valence-corrected chi connectivity index (χ3v) is 7.95. The summed E-state index contributed by atoms with van der Waals surface area (Å²) in [5, 5.41) is 11.3. The first-order valence-electron chi connectivity index (χ1n) is 16.2. The van der Waals surface area contributed by atoms with Crippen LogP contribution in [0.25, 0.3) is 0 Å². The van der Waals surface area contributed by atoms with Crippen LogP contribution in [-0.2, 0) is 74.3 Å². The van der Waals surface area contributed by atoms with Crippen molar-refractivity contribution in [3.8, 4) is 0 Å². The number of ketones is 1. The number of ether oxygens (including phenoxy) is 1. The van der Waals surface area contributed by atoms with E-state index in [1.807, 2.05) is 88.4 Å². The Balaban J connectivity index is -0.00000000230. The van der Waals surface area contributed by atoms with Crippen molar-refractivity contribution in [1.82, 2.24) is 21.3 Å². The van der Waals surface area contributed by atoms with Gasteiger partial charge in [-0.25, -0.2) is 0 Å². The van der Waals surface area contributed by atoms with Crippen LogP contribution in [0, 0.1) is 3150 Å². The minimum atomic E-state index is -1.01. The molecular formula is C36H50N4O6U101Y. The molecule has 4 N–H and O–H groups in total. The maximum Gasteiger partial charge on any atom is 0.243 e. The molecule has 1 radical (unpaired) electrons. The van der Waals surface area contributed by atoms with Gasteiger partial charge in [0.2, 0.25) is 23.6 Å². The molecule has 1 aliphatic rings.